The number of aryl methyl sites for hydroxylation is 2. The number of pyridine rings is 1. The summed E-state index contributed by atoms with van der Waals surface area (Å²) >= 11 is 0. The Morgan fingerprint density at radius 2 is 2.15 bits per heavy atom. The van der Waals surface area contributed by atoms with E-state index in [9.17, 15) is 0 Å². The standard InChI is InChI=1S/C13H20N6O/c1-9(2)14-7-11-12(6-5-10(3)15-11)20-8-13-16-18-19(4)17-13/h5-6,9,14H,7-8H2,1-4H3. The average molecular weight is 276 g/mol. The third-order valence-electron chi connectivity index (χ3n) is 2.66. The van der Waals surface area contributed by atoms with Gasteiger partial charge in [0.2, 0.25) is 5.82 Å². The summed E-state index contributed by atoms with van der Waals surface area (Å²) in [5.74, 6) is 1.30. The van der Waals surface area contributed by atoms with Gasteiger partial charge in [-0.2, -0.15) is 4.80 Å². The van der Waals surface area contributed by atoms with E-state index in [1.807, 2.05) is 19.1 Å². The number of hydrogen-bond acceptors (Lipinski definition) is 6. The number of nitrogens with zero attached hydrogens (tertiary/aromatic N) is 5. The Morgan fingerprint density at radius 1 is 1.35 bits per heavy atom. The van der Waals surface area contributed by atoms with Crippen LogP contribution in [0.25, 0.3) is 0 Å². The molecule has 0 aromatic carbocycles. The smallest absolute Gasteiger partial charge is 0.212 e. The zero-order valence-electron chi connectivity index (χ0n) is 12.3. The summed E-state index contributed by atoms with van der Waals surface area (Å²) in [6.45, 7) is 7.11. The van der Waals surface area contributed by atoms with Gasteiger partial charge in [-0.25, -0.2) is 0 Å². The highest BCUT2D eigenvalue weighted by Gasteiger charge is 2.09. The zero-order valence-corrected chi connectivity index (χ0v) is 12.3. The van der Waals surface area contributed by atoms with Gasteiger partial charge in [0.25, 0.3) is 0 Å². The third kappa shape index (κ3) is 3.99. The van der Waals surface area contributed by atoms with Gasteiger partial charge in [0.1, 0.15) is 5.75 Å². The molecule has 7 nitrogen and oxygen atoms in total. The van der Waals surface area contributed by atoms with Crippen molar-refractivity contribution in [1.29, 1.82) is 0 Å². The van der Waals surface area contributed by atoms with Gasteiger partial charge in [-0.3, -0.25) is 4.98 Å². The number of rotatable bonds is 6. The molecule has 108 valence electrons. The van der Waals surface area contributed by atoms with Crippen LogP contribution in [0.15, 0.2) is 12.1 Å². The molecular formula is C13H20N6O. The molecule has 0 amide bonds. The van der Waals surface area contributed by atoms with Crippen LogP contribution in [0, 0.1) is 6.92 Å². The van der Waals surface area contributed by atoms with Gasteiger partial charge < -0.3 is 10.1 Å². The van der Waals surface area contributed by atoms with Crippen LogP contribution in [0.1, 0.15) is 31.1 Å². The molecule has 7 heteroatoms. The Morgan fingerprint density at radius 3 is 2.80 bits per heavy atom. The quantitative estimate of drug-likeness (QED) is 0.847. The first-order valence-electron chi connectivity index (χ1n) is 6.60. The van der Waals surface area contributed by atoms with E-state index in [1.54, 1.807) is 7.05 Å². The summed E-state index contributed by atoms with van der Waals surface area (Å²) in [6, 6.07) is 4.25. The summed E-state index contributed by atoms with van der Waals surface area (Å²) in [5.41, 5.74) is 1.86. The maximum absolute atomic E-state index is 5.74. The number of nitrogens with one attached hydrogen (secondary N) is 1. The second kappa shape index (κ2) is 6.42. The minimum absolute atomic E-state index is 0.285. The highest BCUT2D eigenvalue weighted by Crippen LogP contribution is 2.18. The van der Waals surface area contributed by atoms with Gasteiger partial charge in [-0.1, -0.05) is 13.8 Å². The van der Waals surface area contributed by atoms with E-state index in [-0.39, 0.29) is 6.61 Å². The van der Waals surface area contributed by atoms with E-state index < -0.39 is 0 Å². The normalized spacial score (nSPS) is 11.1. The van der Waals surface area contributed by atoms with Crippen molar-refractivity contribution in [2.45, 2.75) is 40.0 Å². The Balaban J connectivity index is 2.05. The van der Waals surface area contributed by atoms with Crippen molar-refractivity contribution in [2.75, 3.05) is 0 Å². The van der Waals surface area contributed by atoms with Gasteiger partial charge in [0.15, 0.2) is 6.61 Å². The molecule has 0 aliphatic carbocycles. The molecule has 2 aromatic heterocycles. The lowest BCUT2D eigenvalue weighted by Crippen LogP contribution is -2.23. The van der Waals surface area contributed by atoms with Crippen molar-refractivity contribution in [3.8, 4) is 5.75 Å². The topological polar surface area (TPSA) is 77.8 Å². The lowest BCUT2D eigenvalue weighted by molar-refractivity contribution is 0.289. The van der Waals surface area contributed by atoms with Crippen molar-refractivity contribution >= 4 is 0 Å². The number of tetrazole rings is 1. The van der Waals surface area contributed by atoms with Crippen LogP contribution < -0.4 is 10.1 Å². The Kier molecular flexibility index (Phi) is 4.62. The van der Waals surface area contributed by atoms with Crippen LogP contribution >= 0.6 is 0 Å². The largest absolute Gasteiger partial charge is 0.483 e. The average Bonchev–Trinajstić information content (AvgIpc) is 2.81. The molecule has 0 saturated heterocycles. The highest BCUT2D eigenvalue weighted by molar-refractivity contribution is 5.29. The second-order valence-corrected chi connectivity index (χ2v) is 4.92. The first-order valence-corrected chi connectivity index (χ1v) is 6.60. The molecule has 1 N–H and O–H groups in total. The number of hydrogen-bond donors (Lipinski definition) is 1. The Labute approximate surface area is 118 Å². The summed E-state index contributed by atoms with van der Waals surface area (Å²) in [7, 11) is 1.72. The zero-order chi connectivity index (χ0) is 14.5. The van der Waals surface area contributed by atoms with Gasteiger partial charge in [-0.05, 0) is 24.3 Å². The van der Waals surface area contributed by atoms with E-state index in [1.165, 1.54) is 4.80 Å². The lowest BCUT2D eigenvalue weighted by atomic mass is 10.2. The maximum atomic E-state index is 5.74. The first kappa shape index (κ1) is 14.4. The van der Waals surface area contributed by atoms with Crippen molar-refractivity contribution in [3.05, 3.63) is 29.3 Å². The van der Waals surface area contributed by atoms with Gasteiger partial charge in [-0.15, -0.1) is 10.2 Å². The third-order valence-corrected chi connectivity index (χ3v) is 2.66. The molecule has 0 unspecified atom stereocenters. The fourth-order valence-corrected chi connectivity index (χ4v) is 1.68. The Hall–Kier alpha value is -2.02. The predicted molar refractivity (Wildman–Crippen MR) is 74.1 cm³/mol. The van der Waals surface area contributed by atoms with E-state index in [0.717, 1.165) is 17.1 Å². The Bertz CT molecular complexity index is 566. The van der Waals surface area contributed by atoms with E-state index in [0.29, 0.717) is 18.4 Å². The van der Waals surface area contributed by atoms with E-state index in [2.05, 4.69) is 39.6 Å². The molecule has 2 heterocycles. The van der Waals surface area contributed by atoms with Crippen molar-refractivity contribution < 1.29 is 4.74 Å². The van der Waals surface area contributed by atoms with E-state index in [4.69, 9.17) is 4.74 Å². The minimum Gasteiger partial charge on any atom is -0.483 e. The van der Waals surface area contributed by atoms with E-state index >= 15 is 0 Å². The van der Waals surface area contributed by atoms with Crippen molar-refractivity contribution in [2.24, 2.45) is 7.05 Å². The first-order chi connectivity index (χ1) is 9.54. The van der Waals surface area contributed by atoms with Crippen LogP contribution in [-0.2, 0) is 20.2 Å². The molecule has 0 bridgehead atoms. The van der Waals surface area contributed by atoms with Crippen LogP contribution in [0.4, 0.5) is 0 Å². The molecule has 2 rings (SSSR count). The van der Waals surface area contributed by atoms with Gasteiger partial charge in [0, 0.05) is 18.3 Å². The summed E-state index contributed by atoms with van der Waals surface area (Å²) in [5, 5.41) is 15.1. The second-order valence-electron chi connectivity index (χ2n) is 4.92. The monoisotopic (exact) mass is 276 g/mol. The van der Waals surface area contributed by atoms with Gasteiger partial charge >= 0.3 is 0 Å². The number of aromatic nitrogens is 5. The van der Waals surface area contributed by atoms with Gasteiger partial charge in [0.05, 0.1) is 12.7 Å². The summed E-state index contributed by atoms with van der Waals surface area (Å²) in [4.78, 5) is 5.92. The molecule has 0 aliphatic heterocycles. The fraction of sp³-hybridized carbons (Fsp3) is 0.538. The molecule has 0 saturated carbocycles. The summed E-state index contributed by atoms with van der Waals surface area (Å²) in [6.07, 6.45) is 0. The molecule has 0 atom stereocenters. The van der Waals surface area contributed by atoms with Crippen LogP contribution in [-0.4, -0.2) is 31.2 Å². The van der Waals surface area contributed by atoms with Crippen LogP contribution in [0.2, 0.25) is 0 Å². The van der Waals surface area contributed by atoms with Crippen molar-refractivity contribution in [3.63, 3.8) is 0 Å². The lowest BCUT2D eigenvalue weighted by Gasteiger charge is -2.12. The molecule has 0 spiro atoms. The minimum atomic E-state index is 0.285. The van der Waals surface area contributed by atoms with Crippen LogP contribution in [0.5, 0.6) is 5.75 Å². The molecular weight excluding hydrogens is 256 g/mol. The molecule has 20 heavy (non-hydrogen) atoms. The predicted octanol–water partition coefficient (Wildman–Crippen LogP) is 0.991. The molecule has 2 aromatic rings. The number of ether oxygens (including phenoxy) is 1. The SMILES string of the molecule is Cc1ccc(OCc2nnn(C)n2)c(CNC(C)C)n1. The maximum Gasteiger partial charge on any atom is 0.212 e. The highest BCUT2D eigenvalue weighted by atomic mass is 16.5. The fourth-order valence-electron chi connectivity index (χ4n) is 1.68. The molecule has 0 aliphatic rings. The summed E-state index contributed by atoms with van der Waals surface area (Å²) < 4.78 is 5.74. The molecule has 0 radical (unpaired) electrons. The van der Waals surface area contributed by atoms with Crippen LogP contribution in [0.3, 0.4) is 0 Å². The molecule has 0 fully saturated rings. The van der Waals surface area contributed by atoms with Crippen molar-refractivity contribution in [1.82, 2.24) is 30.5 Å².